The molecule has 0 saturated carbocycles. The summed E-state index contributed by atoms with van der Waals surface area (Å²) in [4.78, 5) is 2.13. The van der Waals surface area contributed by atoms with Crippen molar-refractivity contribution in [1.82, 2.24) is 4.90 Å². The van der Waals surface area contributed by atoms with Gasteiger partial charge in [0.25, 0.3) is 0 Å². The summed E-state index contributed by atoms with van der Waals surface area (Å²) in [5.41, 5.74) is 5.81. The third-order valence-corrected chi connectivity index (χ3v) is 1.94. The lowest BCUT2D eigenvalue weighted by Gasteiger charge is -2.15. The van der Waals surface area contributed by atoms with Gasteiger partial charge < -0.3 is 10.6 Å². The van der Waals surface area contributed by atoms with Crippen LogP contribution in [0.1, 0.15) is 6.42 Å². The van der Waals surface area contributed by atoms with Crippen LogP contribution in [-0.4, -0.2) is 43.6 Å². The molecule has 2 nitrogen and oxygen atoms in total. The quantitative estimate of drug-likeness (QED) is 0.643. The number of likely N-dealkylation sites (N-methyl/N-ethyl adjacent to an activating group) is 1. The molecule has 0 fully saturated rings. The lowest BCUT2D eigenvalue weighted by Crippen LogP contribution is -2.33. The maximum absolute atomic E-state index is 5.81. The summed E-state index contributed by atoms with van der Waals surface area (Å²) in [6.07, 6.45) is 3.24. The first-order chi connectivity index (χ1) is 4.66. The fourth-order valence-corrected chi connectivity index (χ4v) is 1.37. The highest BCUT2D eigenvalue weighted by atomic mass is 32.2. The summed E-state index contributed by atoms with van der Waals surface area (Å²) in [7, 11) is 4.11. The number of nitrogens with zero attached hydrogens (tertiary/aromatic N) is 1. The van der Waals surface area contributed by atoms with Gasteiger partial charge in [-0.05, 0) is 32.5 Å². The zero-order valence-corrected chi connectivity index (χ0v) is 7.95. The van der Waals surface area contributed by atoms with E-state index in [4.69, 9.17) is 5.73 Å². The van der Waals surface area contributed by atoms with E-state index in [0.29, 0.717) is 6.04 Å². The third kappa shape index (κ3) is 6.39. The topological polar surface area (TPSA) is 29.3 Å². The number of hydrogen-bond donors (Lipinski definition) is 1. The molecule has 62 valence electrons. The lowest BCUT2D eigenvalue weighted by molar-refractivity contribution is 0.369. The Morgan fingerprint density at radius 1 is 1.50 bits per heavy atom. The summed E-state index contributed by atoms with van der Waals surface area (Å²) >= 11 is 1.86. The number of hydrogen-bond acceptors (Lipinski definition) is 3. The van der Waals surface area contributed by atoms with E-state index in [0.717, 1.165) is 13.0 Å². The van der Waals surface area contributed by atoms with Crippen molar-refractivity contribution in [1.29, 1.82) is 0 Å². The van der Waals surface area contributed by atoms with Gasteiger partial charge in [-0.25, -0.2) is 0 Å². The van der Waals surface area contributed by atoms with Gasteiger partial charge in [0.05, 0.1) is 0 Å². The van der Waals surface area contributed by atoms with E-state index < -0.39 is 0 Å². The fraction of sp³-hybridized carbons (Fsp3) is 1.00. The first-order valence-electron chi connectivity index (χ1n) is 3.56. The molecule has 0 aromatic carbocycles. The van der Waals surface area contributed by atoms with Crippen LogP contribution in [0.25, 0.3) is 0 Å². The van der Waals surface area contributed by atoms with E-state index in [1.165, 1.54) is 5.75 Å². The molecule has 0 bridgehead atoms. The number of rotatable bonds is 5. The summed E-state index contributed by atoms with van der Waals surface area (Å²) in [5.74, 6) is 1.18. The van der Waals surface area contributed by atoms with Crippen molar-refractivity contribution in [2.75, 3.05) is 32.6 Å². The molecule has 0 spiro atoms. The molecule has 0 rings (SSSR count). The Morgan fingerprint density at radius 3 is 2.50 bits per heavy atom. The highest BCUT2D eigenvalue weighted by Gasteiger charge is 2.01. The van der Waals surface area contributed by atoms with Gasteiger partial charge in [-0.3, -0.25) is 0 Å². The van der Waals surface area contributed by atoms with E-state index in [9.17, 15) is 0 Å². The Hall–Kier alpha value is 0.270. The van der Waals surface area contributed by atoms with E-state index >= 15 is 0 Å². The SMILES string of the molecule is CSCCC(N)CN(C)C. The minimum absolute atomic E-state index is 0.349. The van der Waals surface area contributed by atoms with Crippen molar-refractivity contribution in [2.24, 2.45) is 5.73 Å². The van der Waals surface area contributed by atoms with Crippen molar-refractivity contribution >= 4 is 11.8 Å². The fourth-order valence-electron chi connectivity index (χ4n) is 0.830. The molecule has 1 unspecified atom stereocenters. The van der Waals surface area contributed by atoms with E-state index in [1.54, 1.807) is 0 Å². The average molecular weight is 162 g/mol. The van der Waals surface area contributed by atoms with Gasteiger partial charge in [-0.15, -0.1) is 0 Å². The van der Waals surface area contributed by atoms with E-state index in [2.05, 4.69) is 25.3 Å². The van der Waals surface area contributed by atoms with Gasteiger partial charge >= 0.3 is 0 Å². The van der Waals surface area contributed by atoms with Gasteiger partial charge in [0, 0.05) is 12.6 Å². The average Bonchev–Trinajstić information content (AvgIpc) is 1.82. The zero-order valence-electron chi connectivity index (χ0n) is 7.13. The summed E-state index contributed by atoms with van der Waals surface area (Å²) in [6.45, 7) is 1.00. The molecule has 0 saturated heterocycles. The molecule has 0 heterocycles. The van der Waals surface area contributed by atoms with E-state index in [1.807, 2.05) is 11.8 Å². The predicted molar refractivity (Wildman–Crippen MR) is 49.5 cm³/mol. The molecule has 0 aliphatic rings. The second-order valence-corrected chi connectivity index (χ2v) is 3.79. The van der Waals surface area contributed by atoms with Crippen molar-refractivity contribution < 1.29 is 0 Å². The van der Waals surface area contributed by atoms with Crippen LogP contribution in [0.5, 0.6) is 0 Å². The Balaban J connectivity index is 3.16. The molecule has 0 aromatic rings. The Kier molecular flexibility index (Phi) is 6.17. The maximum atomic E-state index is 5.81. The molecule has 0 radical (unpaired) electrons. The van der Waals surface area contributed by atoms with Crippen molar-refractivity contribution in [3.05, 3.63) is 0 Å². The molecule has 1 atom stereocenters. The molecule has 2 N–H and O–H groups in total. The normalized spacial score (nSPS) is 14.1. The molecule has 0 aliphatic heterocycles. The largest absolute Gasteiger partial charge is 0.327 e. The molecule has 0 aromatic heterocycles. The molecule has 10 heavy (non-hydrogen) atoms. The Labute approximate surface area is 68.2 Å². The first kappa shape index (κ1) is 10.3. The Morgan fingerprint density at radius 2 is 2.10 bits per heavy atom. The highest BCUT2D eigenvalue weighted by molar-refractivity contribution is 7.98. The van der Waals surface area contributed by atoms with Crippen molar-refractivity contribution in [3.8, 4) is 0 Å². The van der Waals surface area contributed by atoms with Crippen LogP contribution in [0.3, 0.4) is 0 Å². The standard InChI is InChI=1S/C7H18N2S/c1-9(2)6-7(8)4-5-10-3/h7H,4-6,8H2,1-3H3. The van der Waals surface area contributed by atoms with Crippen LogP contribution >= 0.6 is 11.8 Å². The molecular weight excluding hydrogens is 144 g/mol. The zero-order chi connectivity index (χ0) is 7.98. The summed E-state index contributed by atoms with van der Waals surface area (Å²) in [6, 6.07) is 0.349. The summed E-state index contributed by atoms with van der Waals surface area (Å²) < 4.78 is 0. The van der Waals surface area contributed by atoms with E-state index in [-0.39, 0.29) is 0 Å². The molecular formula is C7H18N2S. The molecule has 0 aliphatic carbocycles. The van der Waals surface area contributed by atoms with Crippen molar-refractivity contribution in [2.45, 2.75) is 12.5 Å². The summed E-state index contributed by atoms with van der Waals surface area (Å²) in [5, 5.41) is 0. The second-order valence-electron chi connectivity index (χ2n) is 2.80. The van der Waals surface area contributed by atoms with Crippen LogP contribution in [0.4, 0.5) is 0 Å². The minimum atomic E-state index is 0.349. The second kappa shape index (κ2) is 6.01. The van der Waals surface area contributed by atoms with Gasteiger partial charge in [-0.2, -0.15) is 11.8 Å². The highest BCUT2D eigenvalue weighted by Crippen LogP contribution is 1.98. The third-order valence-electron chi connectivity index (χ3n) is 1.29. The van der Waals surface area contributed by atoms with Gasteiger partial charge in [-0.1, -0.05) is 0 Å². The van der Waals surface area contributed by atoms with Crippen LogP contribution in [0.15, 0.2) is 0 Å². The molecule has 3 heteroatoms. The van der Waals surface area contributed by atoms with Gasteiger partial charge in [0.2, 0.25) is 0 Å². The predicted octanol–water partition coefficient (Wildman–Crippen LogP) is 0.628. The smallest absolute Gasteiger partial charge is 0.0175 e. The van der Waals surface area contributed by atoms with Crippen LogP contribution in [-0.2, 0) is 0 Å². The van der Waals surface area contributed by atoms with Crippen LogP contribution in [0.2, 0.25) is 0 Å². The monoisotopic (exact) mass is 162 g/mol. The van der Waals surface area contributed by atoms with Crippen molar-refractivity contribution in [3.63, 3.8) is 0 Å². The van der Waals surface area contributed by atoms with Gasteiger partial charge in [0.1, 0.15) is 0 Å². The Bertz CT molecular complexity index is 76.0. The lowest BCUT2D eigenvalue weighted by atomic mass is 10.2. The maximum Gasteiger partial charge on any atom is 0.0175 e. The number of thioether (sulfide) groups is 1. The van der Waals surface area contributed by atoms with Gasteiger partial charge in [0.15, 0.2) is 0 Å². The van der Waals surface area contributed by atoms with Crippen LogP contribution < -0.4 is 5.73 Å². The molecule has 0 amide bonds. The number of nitrogens with two attached hydrogens (primary N) is 1. The van der Waals surface area contributed by atoms with Crippen LogP contribution in [0, 0.1) is 0 Å². The minimum Gasteiger partial charge on any atom is -0.327 e. The first-order valence-corrected chi connectivity index (χ1v) is 4.95.